The molecule has 1 aromatic rings. The minimum absolute atomic E-state index is 0.225. The van der Waals surface area contributed by atoms with E-state index in [4.69, 9.17) is 14.6 Å². The van der Waals surface area contributed by atoms with Crippen LogP contribution in [0.15, 0.2) is 4.90 Å². The molecule has 0 radical (unpaired) electrons. The van der Waals surface area contributed by atoms with E-state index in [0.717, 1.165) is 12.8 Å². The number of aromatic nitrogens is 2. The summed E-state index contributed by atoms with van der Waals surface area (Å²) in [6, 6.07) is 0. The molecule has 3 atom stereocenters. The molecule has 2 saturated heterocycles. The quantitative estimate of drug-likeness (QED) is 0.773. The van der Waals surface area contributed by atoms with Crippen molar-refractivity contribution in [2.24, 2.45) is 13.0 Å². The molecule has 0 aromatic carbocycles. The van der Waals surface area contributed by atoms with Crippen molar-refractivity contribution in [2.75, 3.05) is 13.1 Å². The summed E-state index contributed by atoms with van der Waals surface area (Å²) in [5.74, 6) is -2.44. The first kappa shape index (κ1) is 22.6. The lowest BCUT2D eigenvalue weighted by Crippen LogP contribution is -2.44. The first-order chi connectivity index (χ1) is 12.7. The highest BCUT2D eigenvalue weighted by atomic mass is 32.2. The summed E-state index contributed by atoms with van der Waals surface area (Å²) in [7, 11) is -1.69. The van der Waals surface area contributed by atoms with Gasteiger partial charge in [-0.25, -0.2) is 13.2 Å². The molecular formula is C16H24F3N3O5S. The van der Waals surface area contributed by atoms with Gasteiger partial charge in [-0.3, -0.25) is 4.68 Å². The van der Waals surface area contributed by atoms with Crippen LogP contribution in [0, 0.1) is 19.8 Å². The maximum atomic E-state index is 12.9. The van der Waals surface area contributed by atoms with E-state index in [0.29, 0.717) is 35.3 Å². The van der Waals surface area contributed by atoms with Gasteiger partial charge >= 0.3 is 12.1 Å². The summed E-state index contributed by atoms with van der Waals surface area (Å²) in [6.45, 7) is 6.72. The number of aliphatic carboxylic acids is 1. The number of rotatable bonds is 2. The molecule has 3 heterocycles. The standard InChI is InChI=1S/C14H23N3O3S.C2HF3O2/c1-9-7-12-8-17(6-5-13(12)20-9)21(18,19)14-10(2)15-16(4)11(14)3;3-2(4,5)1(6)7/h9,12-13H,5-8H2,1-4H3;(H,6,7)/t9-,12-,13+;/m0./s1. The van der Waals surface area contributed by atoms with E-state index < -0.39 is 22.2 Å². The minimum atomic E-state index is -5.08. The molecule has 1 N–H and O–H groups in total. The number of hydrogen-bond donors (Lipinski definition) is 1. The molecule has 0 unspecified atom stereocenters. The van der Waals surface area contributed by atoms with Gasteiger partial charge in [-0.15, -0.1) is 0 Å². The maximum absolute atomic E-state index is 12.9. The highest BCUT2D eigenvalue weighted by molar-refractivity contribution is 7.89. The zero-order valence-electron chi connectivity index (χ0n) is 16.0. The van der Waals surface area contributed by atoms with Crippen LogP contribution in [0.3, 0.4) is 0 Å². The number of hydrogen-bond acceptors (Lipinski definition) is 5. The van der Waals surface area contributed by atoms with Crippen molar-refractivity contribution >= 4 is 16.0 Å². The number of sulfonamides is 1. The van der Waals surface area contributed by atoms with Crippen molar-refractivity contribution in [1.29, 1.82) is 0 Å². The SMILES string of the molecule is Cc1nn(C)c(C)c1S(=O)(=O)N1CC[C@H]2O[C@@H](C)C[C@H]2C1.O=C(O)C(F)(F)F. The molecular weight excluding hydrogens is 403 g/mol. The summed E-state index contributed by atoms with van der Waals surface area (Å²) in [5.41, 5.74) is 1.28. The Labute approximate surface area is 161 Å². The topological polar surface area (TPSA) is 102 Å². The van der Waals surface area contributed by atoms with E-state index in [2.05, 4.69) is 12.0 Å². The number of nitrogens with zero attached hydrogens (tertiary/aromatic N) is 3. The van der Waals surface area contributed by atoms with Crippen molar-refractivity contribution in [2.45, 2.75) is 56.9 Å². The predicted octanol–water partition coefficient (Wildman–Crippen LogP) is 1.86. The Balaban J connectivity index is 0.000000345. The van der Waals surface area contributed by atoms with E-state index in [1.165, 1.54) is 0 Å². The van der Waals surface area contributed by atoms with E-state index in [1.807, 2.05) is 0 Å². The average molecular weight is 427 g/mol. The van der Waals surface area contributed by atoms with E-state index >= 15 is 0 Å². The van der Waals surface area contributed by atoms with Gasteiger partial charge in [-0.1, -0.05) is 0 Å². The number of carboxylic acids is 1. The smallest absolute Gasteiger partial charge is 0.475 e. The molecule has 2 aliphatic rings. The lowest BCUT2D eigenvalue weighted by molar-refractivity contribution is -0.192. The van der Waals surface area contributed by atoms with Gasteiger partial charge in [-0.05, 0) is 33.6 Å². The molecule has 0 saturated carbocycles. The predicted molar refractivity (Wildman–Crippen MR) is 92.2 cm³/mol. The lowest BCUT2D eigenvalue weighted by atomic mass is 9.94. The highest BCUT2D eigenvalue weighted by Gasteiger charge is 2.42. The van der Waals surface area contributed by atoms with Crippen molar-refractivity contribution in [1.82, 2.24) is 14.1 Å². The molecule has 28 heavy (non-hydrogen) atoms. The zero-order valence-corrected chi connectivity index (χ0v) is 16.8. The number of fused-ring (bicyclic) bond motifs is 1. The van der Waals surface area contributed by atoms with E-state index in [-0.39, 0.29) is 12.2 Å². The summed E-state index contributed by atoms with van der Waals surface area (Å²) in [5, 5.41) is 11.4. The Hall–Kier alpha value is -1.66. The van der Waals surface area contributed by atoms with Gasteiger partial charge in [0.1, 0.15) is 4.90 Å². The van der Waals surface area contributed by atoms with Gasteiger partial charge in [0.25, 0.3) is 0 Å². The first-order valence-electron chi connectivity index (χ1n) is 8.71. The second-order valence-corrected chi connectivity index (χ2v) is 8.93. The number of alkyl halides is 3. The molecule has 12 heteroatoms. The van der Waals surface area contributed by atoms with Crippen LogP contribution in [0.2, 0.25) is 0 Å². The summed E-state index contributed by atoms with van der Waals surface area (Å²) < 4.78 is 66.7. The number of aryl methyl sites for hydroxylation is 2. The van der Waals surface area contributed by atoms with Crippen LogP contribution in [0.1, 0.15) is 31.2 Å². The third kappa shape index (κ3) is 4.66. The fourth-order valence-corrected chi connectivity index (χ4v) is 5.55. The van der Waals surface area contributed by atoms with Gasteiger partial charge in [0.15, 0.2) is 0 Å². The van der Waals surface area contributed by atoms with Crippen LogP contribution in [0.4, 0.5) is 13.2 Å². The van der Waals surface area contributed by atoms with Crippen molar-refractivity contribution < 1.29 is 36.2 Å². The highest BCUT2D eigenvalue weighted by Crippen LogP contribution is 2.35. The normalized spacial score (nSPS) is 25.8. The summed E-state index contributed by atoms with van der Waals surface area (Å²) in [4.78, 5) is 9.27. The number of piperidine rings is 1. The molecule has 1 aromatic heterocycles. The maximum Gasteiger partial charge on any atom is 0.490 e. The number of ether oxygens (including phenoxy) is 1. The van der Waals surface area contributed by atoms with Gasteiger partial charge in [-0.2, -0.15) is 22.6 Å². The van der Waals surface area contributed by atoms with Gasteiger partial charge in [0.05, 0.1) is 23.6 Å². The van der Waals surface area contributed by atoms with Gasteiger partial charge < -0.3 is 9.84 Å². The third-order valence-corrected chi connectivity index (χ3v) is 7.07. The van der Waals surface area contributed by atoms with E-state index in [9.17, 15) is 21.6 Å². The van der Waals surface area contributed by atoms with Crippen LogP contribution in [-0.4, -0.2) is 65.1 Å². The van der Waals surface area contributed by atoms with Crippen molar-refractivity contribution in [3.05, 3.63) is 11.4 Å². The Bertz CT molecular complexity index is 837. The second-order valence-electron chi connectivity index (χ2n) is 7.06. The van der Waals surface area contributed by atoms with Gasteiger partial charge in [0, 0.05) is 26.1 Å². The zero-order chi connectivity index (χ0) is 21.4. The number of carbonyl (C=O) groups is 1. The Morgan fingerprint density at radius 1 is 1.32 bits per heavy atom. The molecule has 8 nitrogen and oxygen atoms in total. The van der Waals surface area contributed by atoms with Crippen LogP contribution in [0.25, 0.3) is 0 Å². The molecule has 2 aliphatic heterocycles. The average Bonchev–Trinajstić information content (AvgIpc) is 3.04. The van der Waals surface area contributed by atoms with Crippen LogP contribution in [-0.2, 0) is 26.6 Å². The van der Waals surface area contributed by atoms with Crippen molar-refractivity contribution in [3.8, 4) is 0 Å². The van der Waals surface area contributed by atoms with Gasteiger partial charge in [0.2, 0.25) is 10.0 Å². The molecule has 0 spiro atoms. The second kappa shape index (κ2) is 7.99. The molecule has 2 fully saturated rings. The fraction of sp³-hybridized carbons (Fsp3) is 0.750. The molecule has 160 valence electrons. The number of carboxylic acid groups (broad SMARTS) is 1. The molecule has 0 bridgehead atoms. The monoisotopic (exact) mass is 427 g/mol. The molecule has 3 rings (SSSR count). The molecule has 0 aliphatic carbocycles. The minimum Gasteiger partial charge on any atom is -0.475 e. The first-order valence-corrected chi connectivity index (χ1v) is 10.1. The summed E-state index contributed by atoms with van der Waals surface area (Å²) >= 11 is 0. The number of halogens is 3. The largest absolute Gasteiger partial charge is 0.490 e. The third-order valence-electron chi connectivity index (χ3n) is 4.95. The van der Waals surface area contributed by atoms with Crippen LogP contribution in [0.5, 0.6) is 0 Å². The Kier molecular flexibility index (Phi) is 6.46. The molecule has 0 amide bonds. The van der Waals surface area contributed by atoms with Crippen LogP contribution >= 0.6 is 0 Å². The fourth-order valence-electron chi connectivity index (χ4n) is 3.64. The summed E-state index contributed by atoms with van der Waals surface area (Å²) in [6.07, 6.45) is -2.89. The van der Waals surface area contributed by atoms with Crippen molar-refractivity contribution in [3.63, 3.8) is 0 Å². The Morgan fingerprint density at radius 3 is 2.36 bits per heavy atom. The van der Waals surface area contributed by atoms with Crippen LogP contribution < -0.4 is 0 Å². The lowest BCUT2D eigenvalue weighted by Gasteiger charge is -2.33. The Morgan fingerprint density at radius 2 is 1.89 bits per heavy atom. The van der Waals surface area contributed by atoms with E-state index in [1.54, 1.807) is 29.9 Å².